The van der Waals surface area contributed by atoms with E-state index in [0.717, 1.165) is 40.7 Å². The lowest BCUT2D eigenvalue weighted by molar-refractivity contribution is 0.216. The standard InChI is InChI=1S/C24H31NO2.ClH/c1-19(8-7-16-25-14-5-2-6-15-25)13-17-26-20-11-12-24-22(18-20)21-9-3-4-10-23(21)27-24;/h3-4,9-12,18-19H,2,5-8,13-17H2,1H3;1H. The number of para-hydroxylation sites is 1. The van der Waals surface area contributed by atoms with Crippen molar-refractivity contribution in [1.29, 1.82) is 0 Å². The normalized spacial score (nSPS) is 16.2. The molecule has 152 valence electrons. The first-order chi connectivity index (χ1) is 13.3. The fourth-order valence-corrected chi connectivity index (χ4v) is 4.16. The quantitative estimate of drug-likeness (QED) is 0.421. The molecule has 0 N–H and O–H groups in total. The minimum Gasteiger partial charge on any atom is -0.494 e. The Morgan fingerprint density at radius 3 is 2.61 bits per heavy atom. The number of hydrogen-bond donors (Lipinski definition) is 0. The summed E-state index contributed by atoms with van der Waals surface area (Å²) in [5, 5.41) is 2.29. The Bertz CT molecular complexity index is 869. The van der Waals surface area contributed by atoms with Gasteiger partial charge in [0.15, 0.2) is 0 Å². The number of rotatable bonds is 8. The van der Waals surface area contributed by atoms with Crippen molar-refractivity contribution >= 4 is 34.3 Å². The van der Waals surface area contributed by atoms with Crippen LogP contribution in [0.4, 0.5) is 0 Å². The topological polar surface area (TPSA) is 25.6 Å². The van der Waals surface area contributed by atoms with E-state index in [1.165, 1.54) is 51.7 Å². The van der Waals surface area contributed by atoms with E-state index >= 15 is 0 Å². The Balaban J connectivity index is 0.00000225. The molecule has 3 aromatic rings. The van der Waals surface area contributed by atoms with Crippen LogP contribution in [0.5, 0.6) is 5.75 Å². The zero-order valence-corrected chi connectivity index (χ0v) is 17.7. The Morgan fingerprint density at radius 1 is 0.964 bits per heavy atom. The van der Waals surface area contributed by atoms with Gasteiger partial charge in [-0.25, -0.2) is 0 Å². The first-order valence-corrected chi connectivity index (χ1v) is 10.6. The second kappa shape index (κ2) is 10.2. The molecule has 28 heavy (non-hydrogen) atoms. The molecule has 1 aromatic heterocycles. The summed E-state index contributed by atoms with van der Waals surface area (Å²) < 4.78 is 11.9. The molecule has 4 heteroatoms. The van der Waals surface area contributed by atoms with Crippen molar-refractivity contribution in [3.05, 3.63) is 42.5 Å². The van der Waals surface area contributed by atoms with Gasteiger partial charge in [-0.05, 0) is 81.9 Å². The molecule has 1 fully saturated rings. The van der Waals surface area contributed by atoms with E-state index in [1.54, 1.807) is 0 Å². The minimum absolute atomic E-state index is 0. The number of hydrogen-bond acceptors (Lipinski definition) is 3. The number of halogens is 1. The summed E-state index contributed by atoms with van der Waals surface area (Å²) >= 11 is 0. The number of likely N-dealkylation sites (tertiary alicyclic amines) is 1. The lowest BCUT2D eigenvalue weighted by atomic mass is 10.0. The molecule has 0 spiro atoms. The molecule has 3 nitrogen and oxygen atoms in total. The van der Waals surface area contributed by atoms with Crippen LogP contribution in [0.2, 0.25) is 0 Å². The Morgan fingerprint density at radius 2 is 1.75 bits per heavy atom. The third-order valence-electron chi connectivity index (χ3n) is 5.85. The molecule has 0 saturated carbocycles. The van der Waals surface area contributed by atoms with Crippen LogP contribution in [-0.2, 0) is 0 Å². The smallest absolute Gasteiger partial charge is 0.135 e. The Kier molecular flexibility index (Phi) is 7.64. The minimum atomic E-state index is 0. The molecule has 0 radical (unpaired) electrons. The molecule has 0 bridgehead atoms. The van der Waals surface area contributed by atoms with Crippen LogP contribution in [0.1, 0.15) is 45.4 Å². The van der Waals surface area contributed by atoms with Gasteiger partial charge in [0.25, 0.3) is 0 Å². The zero-order valence-electron chi connectivity index (χ0n) is 16.9. The maximum absolute atomic E-state index is 6.05. The number of benzene rings is 2. The first kappa shape index (κ1) is 21.0. The summed E-state index contributed by atoms with van der Waals surface area (Å²) in [6, 6.07) is 14.3. The predicted molar refractivity (Wildman–Crippen MR) is 120 cm³/mol. The molecule has 2 aromatic carbocycles. The van der Waals surface area contributed by atoms with Gasteiger partial charge in [0.1, 0.15) is 16.9 Å². The maximum atomic E-state index is 6.05. The van der Waals surface area contributed by atoms with Crippen molar-refractivity contribution in [1.82, 2.24) is 4.90 Å². The van der Waals surface area contributed by atoms with Gasteiger partial charge >= 0.3 is 0 Å². The van der Waals surface area contributed by atoms with Crippen LogP contribution in [-0.4, -0.2) is 31.1 Å². The summed E-state index contributed by atoms with van der Waals surface area (Å²) in [6.45, 7) is 7.03. The molecule has 0 amide bonds. The highest BCUT2D eigenvalue weighted by Gasteiger charge is 2.11. The summed E-state index contributed by atoms with van der Waals surface area (Å²) in [4.78, 5) is 2.64. The highest BCUT2D eigenvalue weighted by Crippen LogP contribution is 2.31. The largest absolute Gasteiger partial charge is 0.494 e. The van der Waals surface area contributed by atoms with Crippen molar-refractivity contribution in [2.45, 2.75) is 45.4 Å². The van der Waals surface area contributed by atoms with Crippen LogP contribution in [0.25, 0.3) is 21.9 Å². The number of ether oxygens (including phenoxy) is 1. The second-order valence-corrected chi connectivity index (χ2v) is 8.04. The van der Waals surface area contributed by atoms with Gasteiger partial charge in [0.2, 0.25) is 0 Å². The van der Waals surface area contributed by atoms with Gasteiger partial charge in [-0.2, -0.15) is 0 Å². The molecule has 1 aliphatic heterocycles. The van der Waals surface area contributed by atoms with E-state index in [9.17, 15) is 0 Å². The summed E-state index contributed by atoms with van der Waals surface area (Å²) in [6.07, 6.45) is 7.92. The van der Waals surface area contributed by atoms with Crippen LogP contribution >= 0.6 is 12.4 Å². The summed E-state index contributed by atoms with van der Waals surface area (Å²) in [5.41, 5.74) is 1.86. The third kappa shape index (κ3) is 5.21. The van der Waals surface area contributed by atoms with Crippen molar-refractivity contribution < 1.29 is 9.15 Å². The highest BCUT2D eigenvalue weighted by molar-refractivity contribution is 6.05. The van der Waals surface area contributed by atoms with Crippen molar-refractivity contribution in [3.8, 4) is 5.75 Å². The van der Waals surface area contributed by atoms with Crippen LogP contribution in [0, 0.1) is 5.92 Å². The van der Waals surface area contributed by atoms with Gasteiger partial charge in [-0.1, -0.05) is 31.5 Å². The predicted octanol–water partition coefficient (Wildman–Crippen LogP) is 6.68. The lowest BCUT2D eigenvalue weighted by Crippen LogP contribution is -2.30. The van der Waals surface area contributed by atoms with Gasteiger partial charge in [-0.3, -0.25) is 0 Å². The number of fused-ring (bicyclic) bond motifs is 3. The van der Waals surface area contributed by atoms with Gasteiger partial charge < -0.3 is 14.1 Å². The lowest BCUT2D eigenvalue weighted by Gasteiger charge is -2.26. The van der Waals surface area contributed by atoms with Crippen LogP contribution in [0.15, 0.2) is 46.9 Å². The van der Waals surface area contributed by atoms with Crippen LogP contribution < -0.4 is 4.74 Å². The first-order valence-electron chi connectivity index (χ1n) is 10.6. The third-order valence-corrected chi connectivity index (χ3v) is 5.85. The van der Waals surface area contributed by atoms with E-state index < -0.39 is 0 Å². The monoisotopic (exact) mass is 401 g/mol. The molecule has 1 atom stereocenters. The van der Waals surface area contributed by atoms with Gasteiger partial charge in [0.05, 0.1) is 6.61 Å². The molecular weight excluding hydrogens is 370 g/mol. The Hall–Kier alpha value is -1.71. The highest BCUT2D eigenvalue weighted by atomic mass is 35.5. The van der Waals surface area contributed by atoms with Crippen molar-refractivity contribution in [2.24, 2.45) is 5.92 Å². The zero-order chi connectivity index (χ0) is 18.5. The van der Waals surface area contributed by atoms with Gasteiger partial charge in [-0.15, -0.1) is 12.4 Å². The van der Waals surface area contributed by atoms with Crippen molar-refractivity contribution in [2.75, 3.05) is 26.2 Å². The average Bonchev–Trinajstić information content (AvgIpc) is 3.07. The number of piperidine rings is 1. The maximum Gasteiger partial charge on any atom is 0.135 e. The molecule has 0 aliphatic carbocycles. The fourth-order valence-electron chi connectivity index (χ4n) is 4.16. The Labute approximate surface area is 174 Å². The number of furan rings is 1. The van der Waals surface area contributed by atoms with E-state index in [1.807, 2.05) is 24.3 Å². The SMILES string of the molecule is CC(CCCN1CCCCC1)CCOc1ccc2oc3ccccc3c2c1.Cl. The van der Waals surface area contributed by atoms with E-state index in [2.05, 4.69) is 30.0 Å². The summed E-state index contributed by atoms with van der Waals surface area (Å²) in [7, 11) is 0. The van der Waals surface area contributed by atoms with E-state index in [-0.39, 0.29) is 12.4 Å². The van der Waals surface area contributed by atoms with Crippen molar-refractivity contribution in [3.63, 3.8) is 0 Å². The molecular formula is C24H32ClNO2. The molecule has 4 rings (SSSR count). The summed E-state index contributed by atoms with van der Waals surface area (Å²) in [5.74, 6) is 1.66. The average molecular weight is 402 g/mol. The second-order valence-electron chi connectivity index (χ2n) is 8.04. The van der Waals surface area contributed by atoms with Gasteiger partial charge in [0, 0.05) is 10.8 Å². The molecule has 1 unspecified atom stereocenters. The van der Waals surface area contributed by atoms with E-state index in [0.29, 0.717) is 5.92 Å². The van der Waals surface area contributed by atoms with E-state index in [4.69, 9.17) is 9.15 Å². The number of nitrogens with zero attached hydrogens (tertiary/aromatic N) is 1. The fraction of sp³-hybridized carbons (Fsp3) is 0.500. The van der Waals surface area contributed by atoms with Crippen LogP contribution in [0.3, 0.4) is 0 Å². The molecule has 1 aliphatic rings. The molecule has 1 saturated heterocycles. The molecule has 2 heterocycles.